The predicted octanol–water partition coefficient (Wildman–Crippen LogP) is 1.26. The SMILES string of the molecule is Cn1ccn(-c2ccccc2-c2cc(C(=O)O)[nH]n2)c1=O. The zero-order valence-corrected chi connectivity index (χ0v) is 11.1. The van der Waals surface area contributed by atoms with Crippen molar-refractivity contribution in [1.29, 1.82) is 0 Å². The molecule has 0 aliphatic heterocycles. The third kappa shape index (κ3) is 2.14. The fourth-order valence-corrected chi connectivity index (χ4v) is 2.12. The number of nitrogens with one attached hydrogen (secondary N) is 1. The molecule has 0 amide bonds. The van der Waals surface area contributed by atoms with Gasteiger partial charge in [-0.2, -0.15) is 5.10 Å². The number of benzene rings is 1. The van der Waals surface area contributed by atoms with Crippen LogP contribution in [-0.4, -0.2) is 30.4 Å². The van der Waals surface area contributed by atoms with Crippen molar-refractivity contribution in [1.82, 2.24) is 19.3 Å². The van der Waals surface area contributed by atoms with E-state index in [0.29, 0.717) is 16.9 Å². The van der Waals surface area contributed by atoms with Gasteiger partial charge in [-0.1, -0.05) is 18.2 Å². The van der Waals surface area contributed by atoms with E-state index in [0.717, 1.165) is 0 Å². The number of rotatable bonds is 3. The van der Waals surface area contributed by atoms with Gasteiger partial charge in [-0.3, -0.25) is 9.67 Å². The van der Waals surface area contributed by atoms with Gasteiger partial charge in [0.05, 0.1) is 11.4 Å². The molecule has 0 fully saturated rings. The van der Waals surface area contributed by atoms with E-state index in [4.69, 9.17) is 5.11 Å². The fraction of sp³-hybridized carbons (Fsp3) is 0.0714. The lowest BCUT2D eigenvalue weighted by Crippen LogP contribution is -2.20. The van der Waals surface area contributed by atoms with Gasteiger partial charge >= 0.3 is 11.7 Å². The molecule has 2 heterocycles. The highest BCUT2D eigenvalue weighted by atomic mass is 16.4. The number of hydrogen-bond donors (Lipinski definition) is 2. The normalized spacial score (nSPS) is 10.7. The molecule has 0 saturated carbocycles. The number of aromatic nitrogens is 4. The molecule has 0 saturated heterocycles. The number of aromatic carboxylic acids is 1. The summed E-state index contributed by atoms with van der Waals surface area (Å²) in [5.74, 6) is -1.08. The van der Waals surface area contributed by atoms with Crippen molar-refractivity contribution in [2.45, 2.75) is 0 Å². The van der Waals surface area contributed by atoms with Gasteiger partial charge < -0.3 is 9.67 Å². The fourth-order valence-electron chi connectivity index (χ4n) is 2.12. The number of H-pyrrole nitrogens is 1. The summed E-state index contributed by atoms with van der Waals surface area (Å²) in [7, 11) is 1.67. The Bertz CT molecular complexity index is 872. The number of carboxylic acids is 1. The Balaban J connectivity index is 2.18. The van der Waals surface area contributed by atoms with Crippen LogP contribution in [0.15, 0.2) is 47.5 Å². The molecule has 0 bridgehead atoms. The molecule has 7 heteroatoms. The van der Waals surface area contributed by atoms with Gasteiger partial charge in [0.1, 0.15) is 5.69 Å². The molecule has 0 spiro atoms. The van der Waals surface area contributed by atoms with Gasteiger partial charge in [0.15, 0.2) is 0 Å². The number of aryl methyl sites for hydroxylation is 1. The first-order valence-electron chi connectivity index (χ1n) is 6.20. The first kappa shape index (κ1) is 12.9. The average molecular weight is 284 g/mol. The number of aromatic amines is 1. The smallest absolute Gasteiger partial charge is 0.353 e. The van der Waals surface area contributed by atoms with Crippen LogP contribution < -0.4 is 5.69 Å². The lowest BCUT2D eigenvalue weighted by atomic mass is 10.1. The van der Waals surface area contributed by atoms with Crippen LogP contribution in [-0.2, 0) is 7.05 Å². The Labute approximate surface area is 119 Å². The van der Waals surface area contributed by atoms with Crippen LogP contribution in [0, 0.1) is 0 Å². The highest BCUT2D eigenvalue weighted by Gasteiger charge is 2.14. The molecule has 0 unspecified atom stereocenters. The van der Waals surface area contributed by atoms with Crippen LogP contribution in [0.2, 0.25) is 0 Å². The molecule has 2 aromatic heterocycles. The second kappa shape index (κ2) is 4.78. The zero-order valence-electron chi connectivity index (χ0n) is 11.1. The van der Waals surface area contributed by atoms with Crippen molar-refractivity contribution in [2.75, 3.05) is 0 Å². The number of hydrogen-bond acceptors (Lipinski definition) is 3. The lowest BCUT2D eigenvalue weighted by molar-refractivity contribution is 0.0690. The van der Waals surface area contributed by atoms with E-state index in [1.54, 1.807) is 31.6 Å². The third-order valence-corrected chi connectivity index (χ3v) is 3.19. The summed E-state index contributed by atoms with van der Waals surface area (Å²) in [4.78, 5) is 23.0. The second-order valence-electron chi connectivity index (χ2n) is 4.55. The van der Waals surface area contributed by atoms with E-state index in [1.807, 2.05) is 12.1 Å². The van der Waals surface area contributed by atoms with Crippen LogP contribution in [0.5, 0.6) is 0 Å². The van der Waals surface area contributed by atoms with Gasteiger partial charge in [-0.25, -0.2) is 9.59 Å². The first-order valence-corrected chi connectivity index (χ1v) is 6.20. The Morgan fingerprint density at radius 1 is 1.29 bits per heavy atom. The Kier molecular flexibility index (Phi) is 2.94. The molecule has 3 aromatic rings. The summed E-state index contributed by atoms with van der Waals surface area (Å²) in [6, 6.07) is 8.63. The van der Waals surface area contributed by atoms with Crippen molar-refractivity contribution in [2.24, 2.45) is 7.05 Å². The minimum Gasteiger partial charge on any atom is -0.477 e. The van der Waals surface area contributed by atoms with Crippen molar-refractivity contribution in [3.8, 4) is 16.9 Å². The van der Waals surface area contributed by atoms with Gasteiger partial charge in [0, 0.05) is 25.0 Å². The number of carboxylic acid groups (broad SMARTS) is 1. The number of para-hydroxylation sites is 1. The Hall–Kier alpha value is -3.09. The van der Waals surface area contributed by atoms with Crippen LogP contribution in [0.3, 0.4) is 0 Å². The topological polar surface area (TPSA) is 92.9 Å². The van der Waals surface area contributed by atoms with Crippen LogP contribution in [0.25, 0.3) is 16.9 Å². The summed E-state index contributed by atoms with van der Waals surface area (Å²) < 4.78 is 2.95. The molecule has 0 aliphatic carbocycles. The monoisotopic (exact) mass is 284 g/mol. The van der Waals surface area contributed by atoms with Crippen molar-refractivity contribution < 1.29 is 9.90 Å². The van der Waals surface area contributed by atoms with Crippen molar-refractivity contribution in [3.63, 3.8) is 0 Å². The molecule has 0 atom stereocenters. The highest BCUT2D eigenvalue weighted by Crippen LogP contribution is 2.24. The highest BCUT2D eigenvalue weighted by molar-refractivity contribution is 5.87. The molecule has 7 nitrogen and oxygen atoms in total. The standard InChI is InChI=1S/C14H12N4O3/c1-17-6-7-18(14(17)21)12-5-3-2-4-9(12)10-8-11(13(19)20)16-15-10/h2-8H,1H3,(H,15,16)(H,19,20). The maximum atomic E-state index is 12.1. The summed E-state index contributed by atoms with van der Waals surface area (Å²) in [6.07, 6.45) is 3.32. The van der Waals surface area contributed by atoms with Gasteiger partial charge in [-0.15, -0.1) is 0 Å². The minimum absolute atomic E-state index is 0.000196. The summed E-state index contributed by atoms with van der Waals surface area (Å²) in [6.45, 7) is 0. The lowest BCUT2D eigenvalue weighted by Gasteiger charge is -2.07. The van der Waals surface area contributed by atoms with E-state index in [2.05, 4.69) is 10.2 Å². The molecule has 3 rings (SSSR count). The summed E-state index contributed by atoms with van der Waals surface area (Å²) in [5.41, 5.74) is 1.61. The van der Waals surface area contributed by atoms with Gasteiger partial charge in [-0.05, 0) is 12.1 Å². The van der Waals surface area contributed by atoms with Crippen LogP contribution >= 0.6 is 0 Å². The minimum atomic E-state index is -1.08. The second-order valence-corrected chi connectivity index (χ2v) is 4.55. The third-order valence-electron chi connectivity index (χ3n) is 3.19. The number of nitrogens with zero attached hydrogens (tertiary/aromatic N) is 3. The van der Waals surface area contributed by atoms with E-state index in [9.17, 15) is 9.59 Å². The van der Waals surface area contributed by atoms with E-state index >= 15 is 0 Å². The largest absolute Gasteiger partial charge is 0.477 e. The number of imidazole rings is 1. The number of carbonyl (C=O) groups is 1. The zero-order chi connectivity index (χ0) is 15.0. The van der Waals surface area contributed by atoms with Crippen molar-refractivity contribution >= 4 is 5.97 Å². The van der Waals surface area contributed by atoms with E-state index in [-0.39, 0.29) is 11.4 Å². The molecular weight excluding hydrogens is 272 g/mol. The van der Waals surface area contributed by atoms with E-state index < -0.39 is 5.97 Å². The maximum Gasteiger partial charge on any atom is 0.353 e. The van der Waals surface area contributed by atoms with Gasteiger partial charge in [0.25, 0.3) is 0 Å². The van der Waals surface area contributed by atoms with E-state index in [1.165, 1.54) is 15.2 Å². The quantitative estimate of drug-likeness (QED) is 0.757. The molecule has 2 N–H and O–H groups in total. The Morgan fingerprint density at radius 2 is 2.05 bits per heavy atom. The Morgan fingerprint density at radius 3 is 2.67 bits per heavy atom. The summed E-state index contributed by atoms with van der Waals surface area (Å²) in [5, 5.41) is 15.4. The average Bonchev–Trinajstić information content (AvgIpc) is 3.08. The van der Waals surface area contributed by atoms with Gasteiger partial charge in [0.2, 0.25) is 0 Å². The molecule has 0 radical (unpaired) electrons. The maximum absolute atomic E-state index is 12.1. The molecular formula is C14H12N4O3. The molecule has 0 aliphatic rings. The molecule has 106 valence electrons. The predicted molar refractivity (Wildman–Crippen MR) is 75.6 cm³/mol. The van der Waals surface area contributed by atoms with Crippen LogP contribution in [0.1, 0.15) is 10.5 Å². The van der Waals surface area contributed by atoms with Crippen molar-refractivity contribution in [3.05, 3.63) is 58.9 Å². The molecule has 1 aromatic carbocycles. The van der Waals surface area contributed by atoms with Crippen LogP contribution in [0.4, 0.5) is 0 Å². The first-order chi connectivity index (χ1) is 10.1. The summed E-state index contributed by atoms with van der Waals surface area (Å²) >= 11 is 0. The molecule has 21 heavy (non-hydrogen) atoms.